The average molecular weight is 605 g/mol. The molecule has 3 heterocycles. The van der Waals surface area contributed by atoms with Crippen LogP contribution in [0.4, 0.5) is 5.95 Å². The predicted molar refractivity (Wildman–Crippen MR) is 159 cm³/mol. The summed E-state index contributed by atoms with van der Waals surface area (Å²) in [5.41, 5.74) is 1.95. The smallest absolute Gasteiger partial charge is 0.254 e. The van der Waals surface area contributed by atoms with Crippen molar-refractivity contribution in [2.75, 3.05) is 5.32 Å². The van der Waals surface area contributed by atoms with Crippen molar-refractivity contribution in [2.24, 2.45) is 5.92 Å². The summed E-state index contributed by atoms with van der Waals surface area (Å²) in [5, 5.41) is 15.8. The van der Waals surface area contributed by atoms with Crippen LogP contribution in [0.3, 0.4) is 0 Å². The fraction of sp³-hybridized carbons (Fsp3) is 0.276. The van der Waals surface area contributed by atoms with Crippen LogP contribution < -0.4 is 10.9 Å². The Kier molecular flexibility index (Phi) is 8.11. The van der Waals surface area contributed by atoms with E-state index >= 15 is 0 Å². The summed E-state index contributed by atoms with van der Waals surface area (Å²) in [6.45, 7) is 0.771. The molecule has 0 aliphatic heterocycles. The molecule has 5 aromatic rings. The molecule has 2 aromatic carbocycles. The van der Waals surface area contributed by atoms with Crippen LogP contribution in [0, 0.1) is 5.92 Å². The molecule has 1 amide bonds. The van der Waals surface area contributed by atoms with Gasteiger partial charge in [-0.2, -0.15) is 0 Å². The van der Waals surface area contributed by atoms with Gasteiger partial charge in [-0.25, -0.2) is 14.6 Å². The Balaban J connectivity index is 1.30. The third-order valence-corrected chi connectivity index (χ3v) is 7.79. The summed E-state index contributed by atoms with van der Waals surface area (Å²) >= 11 is 12.3. The molecule has 1 unspecified atom stereocenters. The van der Waals surface area contributed by atoms with Gasteiger partial charge < -0.3 is 0 Å². The van der Waals surface area contributed by atoms with Crippen LogP contribution in [-0.2, 0) is 17.8 Å². The number of halogens is 2. The first-order chi connectivity index (χ1) is 20.4. The molecule has 13 heteroatoms. The van der Waals surface area contributed by atoms with Gasteiger partial charge in [0.05, 0.1) is 23.9 Å². The van der Waals surface area contributed by atoms with Crippen LogP contribution in [0.15, 0.2) is 78.2 Å². The molecule has 42 heavy (non-hydrogen) atoms. The number of aromatic nitrogens is 8. The molecule has 214 valence electrons. The van der Waals surface area contributed by atoms with Gasteiger partial charge in [-0.1, -0.05) is 71.6 Å². The Morgan fingerprint density at radius 1 is 1.02 bits per heavy atom. The van der Waals surface area contributed by atoms with Crippen LogP contribution in [0.25, 0.3) is 16.9 Å². The Labute approximate surface area is 251 Å². The van der Waals surface area contributed by atoms with Crippen LogP contribution in [0.5, 0.6) is 0 Å². The lowest BCUT2D eigenvalue weighted by molar-refractivity contribution is -0.119. The Morgan fingerprint density at radius 2 is 1.83 bits per heavy atom. The van der Waals surface area contributed by atoms with E-state index in [0.29, 0.717) is 27.9 Å². The maximum absolute atomic E-state index is 13.6. The van der Waals surface area contributed by atoms with E-state index < -0.39 is 17.5 Å². The Morgan fingerprint density at radius 3 is 2.57 bits per heavy atom. The molecule has 6 rings (SSSR count). The van der Waals surface area contributed by atoms with E-state index in [4.69, 9.17) is 23.2 Å². The van der Waals surface area contributed by atoms with Crippen molar-refractivity contribution in [1.29, 1.82) is 0 Å². The van der Waals surface area contributed by atoms with E-state index in [9.17, 15) is 9.59 Å². The number of rotatable bonds is 9. The van der Waals surface area contributed by atoms with Gasteiger partial charge in [0.1, 0.15) is 12.4 Å². The highest BCUT2D eigenvalue weighted by Gasteiger charge is 2.25. The van der Waals surface area contributed by atoms with E-state index in [1.54, 1.807) is 35.4 Å². The van der Waals surface area contributed by atoms with E-state index in [1.807, 2.05) is 30.3 Å². The monoisotopic (exact) mass is 603 g/mol. The minimum Gasteiger partial charge on any atom is -0.291 e. The summed E-state index contributed by atoms with van der Waals surface area (Å²) in [6, 6.07) is 15.1. The number of hydrogen-bond donors (Lipinski definition) is 1. The summed E-state index contributed by atoms with van der Waals surface area (Å²) in [4.78, 5) is 36.0. The Bertz CT molecular complexity index is 1760. The van der Waals surface area contributed by atoms with Crippen LogP contribution in [-0.4, -0.2) is 45.2 Å². The summed E-state index contributed by atoms with van der Waals surface area (Å²) < 4.78 is 4.56. The molecule has 1 N–H and O–H groups in total. The van der Waals surface area contributed by atoms with Crippen LogP contribution in [0.1, 0.15) is 37.3 Å². The van der Waals surface area contributed by atoms with Gasteiger partial charge in [-0.3, -0.25) is 24.2 Å². The fourth-order valence-corrected chi connectivity index (χ4v) is 5.61. The number of nitrogens with zero attached hydrogens (tertiary/aromatic N) is 8. The van der Waals surface area contributed by atoms with Crippen molar-refractivity contribution >= 4 is 35.1 Å². The first-order valence-corrected chi connectivity index (χ1v) is 14.4. The molecule has 0 bridgehead atoms. The van der Waals surface area contributed by atoms with E-state index in [0.717, 1.165) is 12.1 Å². The molecular weight excluding hydrogens is 577 g/mol. The predicted octanol–water partition coefficient (Wildman–Crippen LogP) is 5.00. The molecule has 1 atom stereocenters. The first kappa shape index (κ1) is 27.8. The molecule has 0 spiro atoms. The highest BCUT2D eigenvalue weighted by Crippen LogP contribution is 2.29. The van der Waals surface area contributed by atoms with Crippen molar-refractivity contribution in [1.82, 2.24) is 39.3 Å². The quantitative estimate of drug-likeness (QED) is 0.251. The highest BCUT2D eigenvalue weighted by atomic mass is 35.5. The van der Waals surface area contributed by atoms with Crippen molar-refractivity contribution in [3.8, 4) is 16.9 Å². The molecular formula is C29H27Cl2N9O2. The number of carbonyl (C=O) groups excluding carboxylic acids is 1. The topological polar surface area (TPSA) is 125 Å². The van der Waals surface area contributed by atoms with Crippen molar-refractivity contribution in [2.45, 2.75) is 44.7 Å². The first-order valence-electron chi connectivity index (χ1n) is 13.6. The molecule has 1 fully saturated rings. The number of nitrogens with one attached hydrogen (secondary N) is 1. The van der Waals surface area contributed by atoms with Gasteiger partial charge in [0, 0.05) is 29.6 Å². The molecule has 11 nitrogen and oxygen atoms in total. The second-order valence-corrected chi connectivity index (χ2v) is 11.1. The third kappa shape index (κ3) is 6.27. The van der Waals surface area contributed by atoms with Gasteiger partial charge in [0.25, 0.3) is 5.56 Å². The van der Waals surface area contributed by atoms with Crippen molar-refractivity contribution in [3.63, 3.8) is 0 Å². The SMILES string of the molecule is O=C(Nc1ncn(CC2CCCC2)n1)C(Cc1ccccc1)n1cnc(-c2cc(Cl)ccc2-n2cc(Cl)nn2)cc1=O. The van der Waals surface area contributed by atoms with Gasteiger partial charge >= 0.3 is 0 Å². The highest BCUT2D eigenvalue weighted by molar-refractivity contribution is 6.31. The molecule has 0 radical (unpaired) electrons. The fourth-order valence-electron chi connectivity index (χ4n) is 5.31. The van der Waals surface area contributed by atoms with E-state index in [2.05, 4.69) is 30.7 Å². The zero-order valence-corrected chi connectivity index (χ0v) is 24.0. The molecule has 1 saturated carbocycles. The van der Waals surface area contributed by atoms with Gasteiger partial charge in [-0.05, 0) is 42.5 Å². The lowest BCUT2D eigenvalue weighted by Gasteiger charge is -2.19. The Hall–Kier alpha value is -4.35. The maximum Gasteiger partial charge on any atom is 0.254 e. The minimum absolute atomic E-state index is 0.198. The largest absolute Gasteiger partial charge is 0.291 e. The summed E-state index contributed by atoms with van der Waals surface area (Å²) in [5.74, 6) is 0.351. The molecule has 3 aromatic heterocycles. The normalized spacial score (nSPS) is 14.2. The number of benzene rings is 2. The maximum atomic E-state index is 13.6. The summed E-state index contributed by atoms with van der Waals surface area (Å²) in [6.07, 6.45) is 9.63. The second-order valence-electron chi connectivity index (χ2n) is 10.3. The zero-order chi connectivity index (χ0) is 29.1. The molecule has 1 aliphatic carbocycles. The standard InChI is InChI=1S/C29H27Cl2N9O2/c30-21-10-11-24(40-16-26(31)35-37-40)22(13-21)23-14-27(41)39(18-32-23)25(12-19-6-2-1-3-7-19)28(42)34-29-33-17-38(36-29)15-20-8-4-5-9-20/h1-3,6-7,10-11,13-14,16-18,20,25H,4-5,8-9,12,15H2,(H,34,36,42). The van der Waals surface area contributed by atoms with Gasteiger partial charge in [0.15, 0.2) is 5.15 Å². The number of anilines is 1. The number of amides is 1. The van der Waals surface area contributed by atoms with Crippen molar-refractivity contribution in [3.05, 3.63) is 99.5 Å². The number of carbonyl (C=O) groups is 1. The second kappa shape index (κ2) is 12.3. The lowest BCUT2D eigenvalue weighted by atomic mass is 10.0. The zero-order valence-electron chi connectivity index (χ0n) is 22.5. The minimum atomic E-state index is -0.906. The van der Waals surface area contributed by atoms with Gasteiger partial charge in [-0.15, -0.1) is 10.2 Å². The molecule has 1 aliphatic rings. The van der Waals surface area contributed by atoms with Crippen LogP contribution in [0.2, 0.25) is 10.2 Å². The number of hydrogen-bond acceptors (Lipinski definition) is 7. The van der Waals surface area contributed by atoms with Crippen LogP contribution >= 0.6 is 23.2 Å². The summed E-state index contributed by atoms with van der Waals surface area (Å²) in [7, 11) is 0. The van der Waals surface area contributed by atoms with Crippen molar-refractivity contribution < 1.29 is 4.79 Å². The van der Waals surface area contributed by atoms with Gasteiger partial charge in [0.2, 0.25) is 11.9 Å². The third-order valence-electron chi connectivity index (χ3n) is 7.38. The van der Waals surface area contributed by atoms with E-state index in [1.165, 1.54) is 47.3 Å². The lowest BCUT2D eigenvalue weighted by Crippen LogP contribution is -2.35. The average Bonchev–Trinajstić information content (AvgIpc) is 3.76. The van der Waals surface area contributed by atoms with E-state index in [-0.39, 0.29) is 17.5 Å². The molecule has 0 saturated heterocycles.